The van der Waals surface area contributed by atoms with Crippen LogP contribution in [0.5, 0.6) is 5.75 Å². The van der Waals surface area contributed by atoms with Crippen LogP contribution in [0.2, 0.25) is 0 Å². The van der Waals surface area contributed by atoms with Crippen LogP contribution in [0.25, 0.3) is 0 Å². The first-order valence-electron chi connectivity index (χ1n) is 7.27. The van der Waals surface area contributed by atoms with Crippen LogP contribution in [-0.4, -0.2) is 52.7 Å². The lowest BCUT2D eigenvalue weighted by atomic mass is 10.3. The highest BCUT2D eigenvalue weighted by atomic mass is 32.2. The number of hydrogen-bond donors (Lipinski definition) is 1. The molecule has 0 unspecified atom stereocenters. The van der Waals surface area contributed by atoms with Crippen molar-refractivity contribution in [1.82, 2.24) is 14.5 Å². The van der Waals surface area contributed by atoms with E-state index >= 15 is 0 Å². The molecule has 0 fully saturated rings. The third-order valence-electron chi connectivity index (χ3n) is 3.26. The Labute approximate surface area is 145 Å². The van der Waals surface area contributed by atoms with Gasteiger partial charge >= 0.3 is 0 Å². The van der Waals surface area contributed by atoms with E-state index in [1.807, 2.05) is 17.8 Å². The van der Waals surface area contributed by atoms with Crippen molar-refractivity contribution < 1.29 is 14.3 Å². The second kappa shape index (κ2) is 8.39. The number of nitrogens with one attached hydrogen (secondary N) is 1. The van der Waals surface area contributed by atoms with Gasteiger partial charge in [0, 0.05) is 38.2 Å². The molecule has 0 spiro atoms. The summed E-state index contributed by atoms with van der Waals surface area (Å²) in [6.45, 7) is -0.0167. The molecule has 8 heteroatoms. The summed E-state index contributed by atoms with van der Waals surface area (Å²) >= 11 is 1.34. The SMILES string of the molecule is COc1cccc(NC(=O)CN(C)C(=O)CSc2nccn2C)c1. The molecule has 0 atom stereocenters. The number of imidazole rings is 1. The molecule has 0 aliphatic heterocycles. The number of anilines is 1. The Bertz CT molecular complexity index is 717. The van der Waals surface area contributed by atoms with Crippen LogP contribution >= 0.6 is 11.8 Å². The van der Waals surface area contributed by atoms with Crippen LogP contribution in [0.15, 0.2) is 41.8 Å². The van der Waals surface area contributed by atoms with Crippen molar-refractivity contribution in [1.29, 1.82) is 0 Å². The smallest absolute Gasteiger partial charge is 0.243 e. The van der Waals surface area contributed by atoms with Gasteiger partial charge in [-0.25, -0.2) is 4.98 Å². The lowest BCUT2D eigenvalue weighted by Crippen LogP contribution is -2.36. The molecule has 0 aliphatic carbocycles. The molecule has 1 N–H and O–H groups in total. The Morgan fingerprint density at radius 2 is 2.21 bits per heavy atom. The number of likely N-dealkylation sites (N-methyl/N-ethyl adjacent to an activating group) is 1. The maximum absolute atomic E-state index is 12.1. The molecule has 2 aromatic rings. The summed E-state index contributed by atoms with van der Waals surface area (Å²) in [5.41, 5.74) is 0.627. The normalized spacial score (nSPS) is 10.3. The summed E-state index contributed by atoms with van der Waals surface area (Å²) in [5, 5.41) is 3.51. The van der Waals surface area contributed by atoms with Gasteiger partial charge in [-0.05, 0) is 12.1 Å². The molecule has 24 heavy (non-hydrogen) atoms. The van der Waals surface area contributed by atoms with E-state index in [-0.39, 0.29) is 24.1 Å². The Morgan fingerprint density at radius 3 is 2.88 bits per heavy atom. The number of nitrogens with zero attached hydrogens (tertiary/aromatic N) is 3. The van der Waals surface area contributed by atoms with Gasteiger partial charge in [0.25, 0.3) is 0 Å². The second-order valence-electron chi connectivity index (χ2n) is 5.14. The Hall–Kier alpha value is -2.48. The van der Waals surface area contributed by atoms with E-state index in [0.29, 0.717) is 11.4 Å². The number of ether oxygens (including phenoxy) is 1. The molecular weight excluding hydrogens is 328 g/mol. The fraction of sp³-hybridized carbons (Fsp3) is 0.312. The first kappa shape index (κ1) is 17.9. The third kappa shape index (κ3) is 5.02. The minimum atomic E-state index is -0.263. The van der Waals surface area contributed by atoms with Gasteiger partial charge in [0.1, 0.15) is 5.75 Å². The van der Waals surface area contributed by atoms with Crippen LogP contribution in [-0.2, 0) is 16.6 Å². The minimum absolute atomic E-state index is 0.0167. The molecule has 7 nitrogen and oxygen atoms in total. The Balaban J connectivity index is 1.81. The zero-order valence-electron chi connectivity index (χ0n) is 13.9. The summed E-state index contributed by atoms with van der Waals surface area (Å²) in [4.78, 5) is 29.7. The first-order chi connectivity index (χ1) is 11.5. The van der Waals surface area contributed by atoms with E-state index in [1.165, 1.54) is 16.7 Å². The Kier molecular flexibility index (Phi) is 6.25. The first-order valence-corrected chi connectivity index (χ1v) is 8.26. The summed E-state index contributed by atoms with van der Waals surface area (Å²) in [6, 6.07) is 7.06. The van der Waals surface area contributed by atoms with Crippen LogP contribution in [0, 0.1) is 0 Å². The van der Waals surface area contributed by atoms with Gasteiger partial charge in [0.15, 0.2) is 5.16 Å². The van der Waals surface area contributed by atoms with E-state index < -0.39 is 0 Å². The maximum Gasteiger partial charge on any atom is 0.243 e. The van der Waals surface area contributed by atoms with Crippen molar-refractivity contribution in [3.8, 4) is 5.75 Å². The molecule has 0 aliphatic rings. The molecule has 2 rings (SSSR count). The van der Waals surface area contributed by atoms with Crippen molar-refractivity contribution in [3.63, 3.8) is 0 Å². The van der Waals surface area contributed by atoms with Crippen molar-refractivity contribution >= 4 is 29.3 Å². The molecule has 2 amide bonds. The van der Waals surface area contributed by atoms with Crippen LogP contribution in [0.3, 0.4) is 0 Å². The largest absolute Gasteiger partial charge is 0.497 e. The Morgan fingerprint density at radius 1 is 1.42 bits per heavy atom. The number of methoxy groups -OCH3 is 1. The predicted molar refractivity (Wildman–Crippen MR) is 93.2 cm³/mol. The second-order valence-corrected chi connectivity index (χ2v) is 6.08. The molecular formula is C16H20N4O3S. The van der Waals surface area contributed by atoms with Gasteiger partial charge in [-0.15, -0.1) is 0 Å². The number of aromatic nitrogens is 2. The molecule has 0 saturated heterocycles. The zero-order chi connectivity index (χ0) is 17.5. The van der Waals surface area contributed by atoms with Crippen molar-refractivity contribution in [2.45, 2.75) is 5.16 Å². The van der Waals surface area contributed by atoms with E-state index in [2.05, 4.69) is 10.3 Å². The number of hydrogen-bond acceptors (Lipinski definition) is 5. The van der Waals surface area contributed by atoms with Gasteiger partial charge in [-0.3, -0.25) is 9.59 Å². The molecule has 128 valence electrons. The monoisotopic (exact) mass is 348 g/mol. The fourth-order valence-corrected chi connectivity index (χ4v) is 2.81. The summed E-state index contributed by atoms with van der Waals surface area (Å²) in [6.07, 6.45) is 3.50. The quantitative estimate of drug-likeness (QED) is 0.770. The summed E-state index contributed by atoms with van der Waals surface area (Å²) < 4.78 is 6.95. The number of thioether (sulfide) groups is 1. The average Bonchev–Trinajstić information content (AvgIpc) is 2.97. The minimum Gasteiger partial charge on any atom is -0.497 e. The van der Waals surface area contributed by atoms with Crippen molar-refractivity contribution in [3.05, 3.63) is 36.7 Å². The molecule has 0 saturated carbocycles. The fourth-order valence-electron chi connectivity index (χ4n) is 1.93. The molecule has 1 aromatic carbocycles. The molecule has 0 radical (unpaired) electrons. The van der Waals surface area contributed by atoms with E-state index in [0.717, 1.165) is 5.16 Å². The summed E-state index contributed by atoms with van der Waals surface area (Å²) in [5.74, 6) is 0.488. The average molecular weight is 348 g/mol. The van der Waals surface area contributed by atoms with Gasteiger partial charge in [-0.2, -0.15) is 0 Å². The van der Waals surface area contributed by atoms with E-state index in [4.69, 9.17) is 4.74 Å². The molecule has 1 heterocycles. The third-order valence-corrected chi connectivity index (χ3v) is 4.30. The zero-order valence-corrected chi connectivity index (χ0v) is 14.7. The van der Waals surface area contributed by atoms with Crippen LogP contribution < -0.4 is 10.1 Å². The number of benzene rings is 1. The highest BCUT2D eigenvalue weighted by Crippen LogP contribution is 2.17. The highest BCUT2D eigenvalue weighted by Gasteiger charge is 2.14. The lowest BCUT2D eigenvalue weighted by Gasteiger charge is -2.16. The number of aryl methyl sites for hydroxylation is 1. The van der Waals surface area contributed by atoms with Crippen molar-refractivity contribution in [2.75, 3.05) is 31.8 Å². The van der Waals surface area contributed by atoms with Gasteiger partial charge in [0.2, 0.25) is 11.8 Å². The number of amides is 2. The van der Waals surface area contributed by atoms with Crippen LogP contribution in [0.4, 0.5) is 5.69 Å². The van der Waals surface area contributed by atoms with Gasteiger partial charge in [0.05, 0.1) is 19.4 Å². The number of rotatable bonds is 7. The van der Waals surface area contributed by atoms with E-state index in [1.54, 1.807) is 44.6 Å². The number of carbonyl (C=O) groups is 2. The van der Waals surface area contributed by atoms with Crippen LogP contribution in [0.1, 0.15) is 0 Å². The van der Waals surface area contributed by atoms with E-state index in [9.17, 15) is 9.59 Å². The number of carbonyl (C=O) groups excluding carboxylic acids is 2. The van der Waals surface area contributed by atoms with Gasteiger partial charge < -0.3 is 19.5 Å². The highest BCUT2D eigenvalue weighted by molar-refractivity contribution is 7.99. The molecule has 0 bridgehead atoms. The predicted octanol–water partition coefficient (Wildman–Crippen LogP) is 1.62. The summed E-state index contributed by atoms with van der Waals surface area (Å²) in [7, 11) is 5.03. The topological polar surface area (TPSA) is 76.5 Å². The van der Waals surface area contributed by atoms with Crippen molar-refractivity contribution in [2.24, 2.45) is 7.05 Å². The standard InChI is InChI=1S/C16H20N4O3S/c1-19-8-7-17-16(19)24-11-15(22)20(2)10-14(21)18-12-5-4-6-13(9-12)23-3/h4-9H,10-11H2,1-3H3,(H,18,21). The lowest BCUT2D eigenvalue weighted by molar-refractivity contribution is -0.131. The molecule has 1 aromatic heterocycles. The maximum atomic E-state index is 12.1. The van der Waals surface area contributed by atoms with Gasteiger partial charge in [-0.1, -0.05) is 17.8 Å².